The van der Waals surface area contributed by atoms with Crippen molar-refractivity contribution in [2.75, 3.05) is 31.1 Å². The predicted octanol–water partition coefficient (Wildman–Crippen LogP) is 5.34. The predicted molar refractivity (Wildman–Crippen MR) is 142 cm³/mol. The molecule has 5 rings (SSSR count). The average Bonchev–Trinajstić information content (AvgIpc) is 3.47. The van der Waals surface area contributed by atoms with Crippen LogP contribution >= 0.6 is 11.3 Å². The number of nitrogens with zero attached hydrogens (tertiary/aromatic N) is 3. The Morgan fingerprint density at radius 3 is 2.44 bits per heavy atom. The van der Waals surface area contributed by atoms with E-state index in [0.717, 1.165) is 43.4 Å². The van der Waals surface area contributed by atoms with Crippen LogP contribution in [0.1, 0.15) is 77.8 Å². The number of hydrogen-bond donors (Lipinski definition) is 1. The second-order valence-electron chi connectivity index (χ2n) is 11.9. The molecule has 1 N–H and O–H groups in total. The number of carbonyl (C=O) groups is 1. The van der Waals surface area contributed by atoms with Gasteiger partial charge in [-0.05, 0) is 60.1 Å². The van der Waals surface area contributed by atoms with Gasteiger partial charge in [0.2, 0.25) is 5.91 Å². The number of amides is 1. The van der Waals surface area contributed by atoms with Crippen molar-refractivity contribution in [3.8, 4) is 11.3 Å². The van der Waals surface area contributed by atoms with Gasteiger partial charge in [-0.1, -0.05) is 39.8 Å². The highest BCUT2D eigenvalue weighted by Gasteiger charge is 2.37. The van der Waals surface area contributed by atoms with Gasteiger partial charge in [-0.2, -0.15) is 0 Å². The van der Waals surface area contributed by atoms with Crippen molar-refractivity contribution in [3.63, 3.8) is 0 Å². The first-order valence-electron chi connectivity index (χ1n) is 13.0. The topological polar surface area (TPSA) is 48.5 Å². The number of likely N-dealkylation sites (tertiary alicyclic amines) is 1. The minimum atomic E-state index is 0.0902. The third-order valence-electron chi connectivity index (χ3n) is 8.52. The third kappa shape index (κ3) is 4.64. The van der Waals surface area contributed by atoms with Gasteiger partial charge in [-0.15, -0.1) is 11.3 Å². The molecule has 0 radical (unpaired) electrons. The lowest BCUT2D eigenvalue weighted by atomic mass is 9.63. The van der Waals surface area contributed by atoms with Crippen molar-refractivity contribution in [1.82, 2.24) is 15.2 Å². The molecule has 2 aliphatic heterocycles. The SMILES string of the molecule is CC(=O)NC1CCN(C2CCN(c3nc(-c4ccc5c(c4)C(C)(C)CCC5(C)C)cs3)CC2)C1. The van der Waals surface area contributed by atoms with Crippen LogP contribution in [0.2, 0.25) is 0 Å². The summed E-state index contributed by atoms with van der Waals surface area (Å²) in [6, 6.07) is 8.01. The molecule has 1 aliphatic carbocycles. The number of anilines is 1. The van der Waals surface area contributed by atoms with E-state index in [0.29, 0.717) is 12.1 Å². The summed E-state index contributed by atoms with van der Waals surface area (Å²) in [7, 11) is 0. The molecule has 2 saturated heterocycles. The van der Waals surface area contributed by atoms with Crippen LogP contribution in [-0.4, -0.2) is 54.1 Å². The van der Waals surface area contributed by atoms with Crippen LogP contribution in [0.5, 0.6) is 0 Å². The molecule has 1 unspecified atom stereocenters. The van der Waals surface area contributed by atoms with Gasteiger partial charge >= 0.3 is 0 Å². The summed E-state index contributed by atoms with van der Waals surface area (Å²) < 4.78 is 0. The number of benzene rings is 1. The molecule has 0 saturated carbocycles. The summed E-state index contributed by atoms with van der Waals surface area (Å²) in [5, 5.41) is 6.49. The van der Waals surface area contributed by atoms with E-state index in [1.54, 1.807) is 18.3 Å². The Hall–Kier alpha value is -1.92. The molecule has 1 atom stereocenters. The molecule has 184 valence electrons. The quantitative estimate of drug-likeness (QED) is 0.642. The zero-order valence-electron chi connectivity index (χ0n) is 21.5. The molecule has 0 spiro atoms. The maximum atomic E-state index is 11.4. The molecule has 2 aromatic rings. The number of aromatic nitrogens is 1. The fraction of sp³-hybridized carbons (Fsp3) is 0.643. The lowest BCUT2D eigenvalue weighted by Crippen LogP contribution is -2.45. The fourth-order valence-electron chi connectivity index (χ4n) is 6.24. The van der Waals surface area contributed by atoms with Crippen LogP contribution in [0, 0.1) is 0 Å². The van der Waals surface area contributed by atoms with Gasteiger partial charge in [0.1, 0.15) is 0 Å². The second kappa shape index (κ2) is 8.94. The third-order valence-corrected chi connectivity index (χ3v) is 9.42. The lowest BCUT2D eigenvalue weighted by Gasteiger charge is -2.42. The number of rotatable bonds is 4. The van der Waals surface area contributed by atoms with Crippen molar-refractivity contribution < 1.29 is 4.79 Å². The van der Waals surface area contributed by atoms with Crippen LogP contribution in [0.3, 0.4) is 0 Å². The molecule has 6 heteroatoms. The Labute approximate surface area is 208 Å². The van der Waals surface area contributed by atoms with E-state index >= 15 is 0 Å². The lowest BCUT2D eigenvalue weighted by molar-refractivity contribution is -0.119. The van der Waals surface area contributed by atoms with Crippen LogP contribution in [0.25, 0.3) is 11.3 Å². The summed E-state index contributed by atoms with van der Waals surface area (Å²) in [4.78, 5) is 21.5. The van der Waals surface area contributed by atoms with E-state index < -0.39 is 0 Å². The first-order valence-corrected chi connectivity index (χ1v) is 13.9. The Bertz CT molecular complexity index is 1050. The zero-order valence-corrected chi connectivity index (χ0v) is 22.3. The highest BCUT2D eigenvalue weighted by molar-refractivity contribution is 7.14. The first kappa shape index (κ1) is 23.8. The number of nitrogens with one attached hydrogen (secondary N) is 1. The molecule has 3 aliphatic rings. The van der Waals surface area contributed by atoms with E-state index in [9.17, 15) is 4.79 Å². The van der Waals surface area contributed by atoms with Crippen LogP contribution in [-0.2, 0) is 15.6 Å². The van der Waals surface area contributed by atoms with Crippen molar-refractivity contribution in [2.45, 2.75) is 89.6 Å². The van der Waals surface area contributed by atoms with Gasteiger partial charge in [-0.25, -0.2) is 4.98 Å². The van der Waals surface area contributed by atoms with Crippen molar-refractivity contribution >= 4 is 22.4 Å². The van der Waals surface area contributed by atoms with E-state index in [-0.39, 0.29) is 16.7 Å². The van der Waals surface area contributed by atoms with Gasteiger partial charge in [0.25, 0.3) is 0 Å². The number of hydrogen-bond acceptors (Lipinski definition) is 5. The summed E-state index contributed by atoms with van der Waals surface area (Å²) in [5.41, 5.74) is 5.84. The minimum absolute atomic E-state index is 0.0902. The zero-order chi connectivity index (χ0) is 24.1. The maximum absolute atomic E-state index is 11.4. The van der Waals surface area contributed by atoms with Gasteiger partial charge < -0.3 is 10.2 Å². The molecular formula is C28H40N4OS. The van der Waals surface area contributed by atoms with E-state index in [2.05, 4.69) is 66.4 Å². The Kier molecular flexibility index (Phi) is 6.26. The minimum Gasteiger partial charge on any atom is -0.352 e. The maximum Gasteiger partial charge on any atom is 0.217 e. The van der Waals surface area contributed by atoms with Crippen molar-refractivity contribution in [2.24, 2.45) is 0 Å². The molecule has 3 heterocycles. The first-order chi connectivity index (χ1) is 16.1. The molecule has 5 nitrogen and oxygen atoms in total. The van der Waals surface area contributed by atoms with Crippen LogP contribution in [0.4, 0.5) is 5.13 Å². The molecule has 1 aromatic heterocycles. The molecule has 1 amide bonds. The number of piperidine rings is 1. The number of carbonyl (C=O) groups excluding carboxylic acids is 1. The van der Waals surface area contributed by atoms with E-state index in [1.165, 1.54) is 42.4 Å². The summed E-state index contributed by atoms with van der Waals surface area (Å²) in [6.07, 6.45) is 5.89. The molecule has 34 heavy (non-hydrogen) atoms. The largest absolute Gasteiger partial charge is 0.352 e. The van der Waals surface area contributed by atoms with Gasteiger partial charge in [0.05, 0.1) is 5.69 Å². The smallest absolute Gasteiger partial charge is 0.217 e. The number of fused-ring (bicyclic) bond motifs is 1. The highest BCUT2D eigenvalue weighted by Crippen LogP contribution is 2.47. The van der Waals surface area contributed by atoms with Gasteiger partial charge in [-0.3, -0.25) is 9.69 Å². The Morgan fingerprint density at radius 2 is 1.74 bits per heavy atom. The van der Waals surface area contributed by atoms with Crippen molar-refractivity contribution in [3.05, 3.63) is 34.7 Å². The monoisotopic (exact) mass is 480 g/mol. The molecule has 0 bridgehead atoms. The average molecular weight is 481 g/mol. The van der Waals surface area contributed by atoms with Crippen LogP contribution in [0.15, 0.2) is 23.6 Å². The fourth-order valence-corrected chi connectivity index (χ4v) is 7.13. The number of thiazole rings is 1. The second-order valence-corrected chi connectivity index (χ2v) is 12.8. The van der Waals surface area contributed by atoms with E-state index in [1.807, 2.05) is 0 Å². The molecular weight excluding hydrogens is 440 g/mol. The van der Waals surface area contributed by atoms with Crippen LogP contribution < -0.4 is 10.2 Å². The Morgan fingerprint density at radius 1 is 1.03 bits per heavy atom. The standard InChI is InChI=1S/C28H40N4OS/c1-19(33)29-21-8-13-32(17-21)22-9-14-31(15-10-22)26-30-25(18-34-26)20-6-7-23-24(16-20)28(4,5)12-11-27(23,2)3/h6-7,16,18,21-22H,8-15,17H2,1-5H3,(H,29,33). The molecule has 2 fully saturated rings. The normalized spacial score (nSPS) is 24.7. The molecule has 1 aromatic carbocycles. The summed E-state index contributed by atoms with van der Waals surface area (Å²) >= 11 is 1.78. The highest BCUT2D eigenvalue weighted by atomic mass is 32.1. The van der Waals surface area contributed by atoms with Gasteiger partial charge in [0, 0.05) is 56.1 Å². The van der Waals surface area contributed by atoms with Gasteiger partial charge in [0.15, 0.2) is 5.13 Å². The Balaban J connectivity index is 1.25. The summed E-state index contributed by atoms with van der Waals surface area (Å²) in [5.74, 6) is 0.0902. The summed E-state index contributed by atoms with van der Waals surface area (Å²) in [6.45, 7) is 15.4. The van der Waals surface area contributed by atoms with Crippen molar-refractivity contribution in [1.29, 1.82) is 0 Å². The van der Waals surface area contributed by atoms with E-state index in [4.69, 9.17) is 4.98 Å².